The van der Waals surface area contributed by atoms with Crippen LogP contribution in [0.5, 0.6) is 5.75 Å². The molecule has 0 aliphatic carbocycles. The normalized spacial score (nSPS) is 13.9. The van der Waals surface area contributed by atoms with Crippen LogP contribution in [0.25, 0.3) is 16.6 Å². The third-order valence-corrected chi connectivity index (χ3v) is 5.88. The molecule has 0 unspecified atom stereocenters. The van der Waals surface area contributed by atoms with E-state index in [1.807, 2.05) is 0 Å². The van der Waals surface area contributed by atoms with Crippen LogP contribution in [0.4, 0.5) is 28.2 Å². The molecule has 2 aromatic heterocycles. The summed E-state index contributed by atoms with van der Waals surface area (Å²) in [4.78, 5) is 49.6. The first kappa shape index (κ1) is 26.6. The van der Waals surface area contributed by atoms with Gasteiger partial charge in [0.2, 0.25) is 5.91 Å². The molecule has 3 heterocycles. The molecule has 14 heteroatoms. The number of benzene rings is 1. The minimum absolute atomic E-state index is 0.0586. The predicted octanol–water partition coefficient (Wildman–Crippen LogP) is 2.83. The second-order valence-electron chi connectivity index (χ2n) is 8.49. The maximum Gasteiger partial charge on any atom is 0.431 e. The summed E-state index contributed by atoms with van der Waals surface area (Å²) in [5.74, 6) is -2.04. The van der Waals surface area contributed by atoms with Gasteiger partial charge in [-0.1, -0.05) is 12.6 Å². The summed E-state index contributed by atoms with van der Waals surface area (Å²) in [6.07, 6.45) is -3.93. The van der Waals surface area contributed by atoms with Gasteiger partial charge in [-0.25, -0.2) is 19.2 Å². The van der Waals surface area contributed by atoms with E-state index in [9.17, 15) is 27.6 Å². The molecule has 0 atom stereocenters. The van der Waals surface area contributed by atoms with E-state index in [0.29, 0.717) is 6.07 Å². The fraction of sp³-hybridized carbons (Fsp3) is 0.292. The van der Waals surface area contributed by atoms with E-state index >= 15 is 4.39 Å². The Morgan fingerprint density at radius 2 is 1.82 bits per heavy atom. The van der Waals surface area contributed by atoms with E-state index in [4.69, 9.17) is 4.74 Å². The average molecular weight is 534 g/mol. The predicted molar refractivity (Wildman–Crippen MR) is 129 cm³/mol. The molecule has 1 saturated heterocycles. The third-order valence-electron chi connectivity index (χ3n) is 5.88. The van der Waals surface area contributed by atoms with E-state index < -0.39 is 46.3 Å². The van der Waals surface area contributed by atoms with Gasteiger partial charge < -0.3 is 19.4 Å². The summed E-state index contributed by atoms with van der Waals surface area (Å²) < 4.78 is 63.2. The van der Waals surface area contributed by atoms with Crippen LogP contribution in [0.2, 0.25) is 0 Å². The zero-order valence-electron chi connectivity index (χ0n) is 20.3. The zero-order chi connectivity index (χ0) is 27.8. The Labute approximate surface area is 213 Å². The van der Waals surface area contributed by atoms with Crippen molar-refractivity contribution in [2.24, 2.45) is 0 Å². The first-order chi connectivity index (χ1) is 17.9. The topological polar surface area (TPSA) is 101 Å². The van der Waals surface area contributed by atoms with Gasteiger partial charge in [-0.15, -0.1) is 0 Å². The van der Waals surface area contributed by atoms with E-state index in [2.05, 4.69) is 16.5 Å². The Hall–Kier alpha value is -4.49. The molecule has 0 spiro atoms. The maximum absolute atomic E-state index is 15.0. The number of anilines is 1. The summed E-state index contributed by atoms with van der Waals surface area (Å²) >= 11 is 0. The number of carbonyl (C=O) groups excluding carboxylic acids is 2. The number of carbonyl (C=O) groups is 2. The van der Waals surface area contributed by atoms with E-state index in [0.717, 1.165) is 29.4 Å². The van der Waals surface area contributed by atoms with Gasteiger partial charge in [0.15, 0.2) is 11.6 Å². The number of aromatic nitrogens is 3. The molecule has 1 fully saturated rings. The highest BCUT2D eigenvalue weighted by Gasteiger charge is 2.38. The van der Waals surface area contributed by atoms with Crippen molar-refractivity contribution in [1.82, 2.24) is 24.3 Å². The van der Waals surface area contributed by atoms with Crippen molar-refractivity contribution in [3.8, 4) is 11.4 Å². The number of alkyl halides is 3. The summed E-state index contributed by atoms with van der Waals surface area (Å²) in [6, 6.07) is 3.71. The molecule has 10 nitrogen and oxygen atoms in total. The van der Waals surface area contributed by atoms with Crippen molar-refractivity contribution >= 4 is 28.7 Å². The molecule has 0 saturated carbocycles. The van der Waals surface area contributed by atoms with E-state index in [1.165, 1.54) is 25.1 Å². The van der Waals surface area contributed by atoms with Gasteiger partial charge in [-0.3, -0.25) is 14.2 Å². The number of hydrogen-bond donors (Lipinski definition) is 0. The molecule has 200 valence electrons. The number of piperazine rings is 1. The summed E-state index contributed by atoms with van der Waals surface area (Å²) in [5.41, 5.74) is -4.09. The average Bonchev–Trinajstić information content (AvgIpc) is 2.88. The van der Waals surface area contributed by atoms with Crippen LogP contribution in [-0.4, -0.2) is 76.6 Å². The molecule has 1 aliphatic heterocycles. The molecular formula is C24H22F4N6O4. The summed E-state index contributed by atoms with van der Waals surface area (Å²) in [5, 5.41) is -0.201. The number of pyridine rings is 1. The lowest BCUT2D eigenvalue weighted by molar-refractivity contribution is -0.142. The molecule has 0 radical (unpaired) electrons. The van der Waals surface area contributed by atoms with Gasteiger partial charge in [0.05, 0.1) is 5.39 Å². The number of nitrogens with zero attached hydrogens (tertiary/aromatic N) is 6. The van der Waals surface area contributed by atoms with Crippen LogP contribution in [0, 0.1) is 5.82 Å². The monoisotopic (exact) mass is 534 g/mol. The van der Waals surface area contributed by atoms with Gasteiger partial charge in [-0.05, 0) is 24.3 Å². The molecule has 3 aromatic rings. The van der Waals surface area contributed by atoms with Crippen LogP contribution in [0.15, 0.2) is 48.0 Å². The second-order valence-corrected chi connectivity index (χ2v) is 8.49. The molecule has 2 amide bonds. The van der Waals surface area contributed by atoms with Crippen molar-refractivity contribution < 1.29 is 31.9 Å². The van der Waals surface area contributed by atoms with Gasteiger partial charge in [-0.2, -0.15) is 13.2 Å². The quantitative estimate of drug-likeness (QED) is 0.375. The Morgan fingerprint density at radius 1 is 1.13 bits per heavy atom. The van der Waals surface area contributed by atoms with E-state index in [1.54, 1.807) is 4.90 Å². The van der Waals surface area contributed by atoms with Crippen molar-refractivity contribution in [2.45, 2.75) is 6.18 Å². The number of fused-ring (bicyclic) bond motifs is 1. The van der Waals surface area contributed by atoms with Crippen LogP contribution in [0.3, 0.4) is 0 Å². The number of hydrogen-bond acceptors (Lipinski definition) is 7. The highest BCUT2D eigenvalue weighted by Crippen LogP contribution is 2.36. The van der Waals surface area contributed by atoms with Gasteiger partial charge >= 0.3 is 12.3 Å². The highest BCUT2D eigenvalue weighted by molar-refractivity contribution is 5.90. The first-order valence-corrected chi connectivity index (χ1v) is 11.3. The number of halogens is 4. The standard InChI is InChI=1S/C24H22F4N6O4/c1-4-18(35)32-8-10-33(11-9-32)21-14-12-17(24(26,27)28)34(22(36)19(14)29-13-30-21)20-15(25)6-5-7-16(20)38-23(37)31(2)3/h4-7,12-13H,1,8-11H2,2-3H3. The SMILES string of the molecule is C=CC(=O)N1CCN(c2ncnc3c(=O)n(-c4c(F)cccc4OC(=O)N(C)C)c(C(F)(F)F)cc23)CC1. The Balaban J connectivity index is 1.92. The molecule has 38 heavy (non-hydrogen) atoms. The van der Waals surface area contributed by atoms with Crippen molar-refractivity contribution in [3.05, 3.63) is 65.1 Å². The third kappa shape index (κ3) is 4.88. The molecule has 1 aliphatic rings. The van der Waals surface area contributed by atoms with Crippen molar-refractivity contribution in [2.75, 3.05) is 45.2 Å². The molecular weight excluding hydrogens is 512 g/mol. The van der Waals surface area contributed by atoms with Crippen LogP contribution in [-0.2, 0) is 11.0 Å². The van der Waals surface area contributed by atoms with Crippen molar-refractivity contribution in [3.63, 3.8) is 0 Å². The lowest BCUT2D eigenvalue weighted by Crippen LogP contribution is -2.48. The largest absolute Gasteiger partial charge is 0.431 e. The smallest absolute Gasteiger partial charge is 0.408 e. The lowest BCUT2D eigenvalue weighted by atomic mass is 10.1. The number of rotatable bonds is 4. The van der Waals surface area contributed by atoms with Crippen molar-refractivity contribution in [1.29, 1.82) is 0 Å². The Kier molecular flexibility index (Phi) is 7.07. The molecule has 0 bridgehead atoms. The minimum Gasteiger partial charge on any atom is -0.408 e. The zero-order valence-corrected chi connectivity index (χ0v) is 20.3. The molecule has 1 aromatic carbocycles. The maximum atomic E-state index is 15.0. The Bertz CT molecular complexity index is 1480. The van der Waals surface area contributed by atoms with Crippen LogP contribution >= 0.6 is 0 Å². The second kappa shape index (κ2) is 10.1. The van der Waals surface area contributed by atoms with E-state index in [-0.39, 0.29) is 47.9 Å². The fourth-order valence-electron chi connectivity index (χ4n) is 4.04. The molecule has 4 rings (SSSR count). The van der Waals surface area contributed by atoms with Crippen LogP contribution in [0.1, 0.15) is 5.69 Å². The first-order valence-electron chi connectivity index (χ1n) is 11.3. The highest BCUT2D eigenvalue weighted by atomic mass is 19.4. The number of amides is 2. The lowest BCUT2D eigenvalue weighted by Gasteiger charge is -2.35. The van der Waals surface area contributed by atoms with Gasteiger partial charge in [0.25, 0.3) is 5.56 Å². The number of ether oxygens (including phenoxy) is 1. The minimum atomic E-state index is -5.12. The fourth-order valence-corrected chi connectivity index (χ4v) is 4.04. The summed E-state index contributed by atoms with van der Waals surface area (Å²) in [7, 11) is 2.66. The van der Waals surface area contributed by atoms with Gasteiger partial charge in [0.1, 0.15) is 29.0 Å². The Morgan fingerprint density at radius 3 is 2.42 bits per heavy atom. The number of para-hydroxylation sites is 1. The van der Waals surface area contributed by atoms with Crippen LogP contribution < -0.4 is 15.2 Å². The molecule has 0 N–H and O–H groups in total. The van der Waals surface area contributed by atoms with Gasteiger partial charge in [0, 0.05) is 40.3 Å². The summed E-state index contributed by atoms with van der Waals surface area (Å²) in [6.45, 7) is 4.42.